The molecule has 2 aromatic rings. The van der Waals surface area contributed by atoms with Gasteiger partial charge in [-0.25, -0.2) is 0 Å². The number of fused-ring (bicyclic) bond motifs is 4. The van der Waals surface area contributed by atoms with Gasteiger partial charge in [0.05, 0.1) is 11.7 Å². The molecule has 4 atom stereocenters. The van der Waals surface area contributed by atoms with E-state index in [4.69, 9.17) is 14.6 Å². The van der Waals surface area contributed by atoms with Crippen LogP contribution in [0, 0.1) is 11.8 Å². The Hall–Kier alpha value is -2.21. The van der Waals surface area contributed by atoms with Crippen molar-refractivity contribution < 1.29 is 19.7 Å². The van der Waals surface area contributed by atoms with Gasteiger partial charge in [0.1, 0.15) is 0 Å². The Balaban J connectivity index is 0.000000573. The van der Waals surface area contributed by atoms with Crippen LogP contribution in [0.4, 0.5) is 0 Å². The Morgan fingerprint density at radius 1 is 1.17 bits per heavy atom. The standard InChI is InChI=1S/C23H25NO2.CH2O2/c25-13-20-21-12-24(14-23(21)8-7-22(20)26-23)11-15-5-6-19-17(9-15)10-16-3-1-2-4-18(16)19;2-1-3/h1-6,9,20-22,25H,7-8,10-14H2;1H,(H,2,3)/t20-,21+,22+,23+;/m0./s1. The number of likely N-dealkylation sites (tertiary alicyclic amines) is 1. The van der Waals surface area contributed by atoms with Crippen LogP contribution in [0.3, 0.4) is 0 Å². The fourth-order valence-electron chi connectivity index (χ4n) is 6.21. The molecule has 1 aliphatic carbocycles. The van der Waals surface area contributed by atoms with Crippen molar-refractivity contribution >= 4 is 6.47 Å². The number of ether oxygens (including phenoxy) is 1. The van der Waals surface area contributed by atoms with Crippen LogP contribution in [-0.4, -0.2) is 53.0 Å². The number of carbonyl (C=O) groups is 1. The van der Waals surface area contributed by atoms with Crippen molar-refractivity contribution in [1.82, 2.24) is 4.90 Å². The first kappa shape index (κ1) is 18.8. The van der Waals surface area contributed by atoms with Crippen molar-refractivity contribution in [3.63, 3.8) is 0 Å². The van der Waals surface area contributed by atoms with Crippen molar-refractivity contribution in [1.29, 1.82) is 0 Å². The van der Waals surface area contributed by atoms with Gasteiger partial charge >= 0.3 is 0 Å². The first-order chi connectivity index (χ1) is 14.2. The molecule has 3 aliphatic heterocycles. The van der Waals surface area contributed by atoms with Crippen molar-refractivity contribution in [3.8, 4) is 11.1 Å². The van der Waals surface area contributed by atoms with E-state index in [9.17, 15) is 5.11 Å². The normalized spacial score (nSPS) is 31.0. The van der Waals surface area contributed by atoms with Gasteiger partial charge in [-0.05, 0) is 47.1 Å². The van der Waals surface area contributed by atoms with Crippen molar-refractivity contribution in [2.24, 2.45) is 11.8 Å². The van der Waals surface area contributed by atoms with Gasteiger partial charge in [-0.2, -0.15) is 0 Å². The molecule has 4 aliphatic rings. The molecule has 3 heterocycles. The smallest absolute Gasteiger partial charge is 0.290 e. The molecular formula is C24H27NO4. The average Bonchev–Trinajstić information content (AvgIpc) is 3.44. The van der Waals surface area contributed by atoms with Gasteiger partial charge in [-0.1, -0.05) is 42.5 Å². The largest absolute Gasteiger partial charge is 0.483 e. The fraction of sp³-hybridized carbons (Fsp3) is 0.458. The molecule has 3 fully saturated rings. The molecule has 5 nitrogen and oxygen atoms in total. The summed E-state index contributed by atoms with van der Waals surface area (Å²) in [6, 6.07) is 15.8. The summed E-state index contributed by atoms with van der Waals surface area (Å²) in [5, 5.41) is 16.7. The number of hydrogen-bond acceptors (Lipinski definition) is 4. The van der Waals surface area contributed by atoms with Crippen molar-refractivity contribution in [2.75, 3.05) is 19.7 Å². The molecule has 0 radical (unpaired) electrons. The Morgan fingerprint density at radius 3 is 2.79 bits per heavy atom. The third-order valence-electron chi connectivity index (χ3n) is 7.33. The van der Waals surface area contributed by atoms with E-state index in [1.54, 1.807) is 0 Å². The van der Waals surface area contributed by atoms with Crippen molar-refractivity contribution in [3.05, 3.63) is 59.2 Å². The van der Waals surface area contributed by atoms with Crippen LogP contribution in [0.5, 0.6) is 0 Å². The lowest BCUT2D eigenvalue weighted by atomic mass is 9.74. The maximum Gasteiger partial charge on any atom is 0.290 e. The number of nitrogens with zero attached hydrogens (tertiary/aromatic N) is 1. The zero-order chi connectivity index (χ0) is 20.0. The zero-order valence-corrected chi connectivity index (χ0v) is 16.5. The zero-order valence-electron chi connectivity index (χ0n) is 16.5. The van der Waals surface area contributed by atoms with E-state index in [0.29, 0.717) is 17.9 Å². The summed E-state index contributed by atoms with van der Waals surface area (Å²) in [5.74, 6) is 0.869. The number of hydrogen-bond donors (Lipinski definition) is 2. The highest BCUT2D eigenvalue weighted by Crippen LogP contribution is 2.54. The van der Waals surface area contributed by atoms with E-state index in [1.807, 2.05) is 0 Å². The number of benzene rings is 2. The molecule has 152 valence electrons. The van der Waals surface area contributed by atoms with Gasteiger partial charge in [-0.3, -0.25) is 9.69 Å². The molecule has 5 heteroatoms. The topological polar surface area (TPSA) is 70.0 Å². The Morgan fingerprint density at radius 2 is 1.97 bits per heavy atom. The molecule has 2 bridgehead atoms. The Bertz CT molecular complexity index is 929. The van der Waals surface area contributed by atoms with Gasteiger partial charge in [-0.15, -0.1) is 0 Å². The lowest BCUT2D eigenvalue weighted by molar-refractivity contribution is -0.122. The van der Waals surface area contributed by atoms with E-state index >= 15 is 0 Å². The Labute approximate surface area is 170 Å². The molecule has 1 spiro atoms. The highest BCUT2D eigenvalue weighted by atomic mass is 16.5. The fourth-order valence-corrected chi connectivity index (χ4v) is 6.21. The summed E-state index contributed by atoms with van der Waals surface area (Å²) in [6.07, 6.45) is 3.68. The van der Waals surface area contributed by atoms with Gasteiger partial charge in [0.25, 0.3) is 6.47 Å². The monoisotopic (exact) mass is 393 g/mol. The lowest BCUT2D eigenvalue weighted by Gasteiger charge is -2.28. The number of carboxylic acid groups (broad SMARTS) is 1. The van der Waals surface area contributed by atoms with E-state index in [2.05, 4.69) is 47.4 Å². The summed E-state index contributed by atoms with van der Waals surface area (Å²) >= 11 is 0. The number of aliphatic hydroxyl groups excluding tert-OH is 1. The van der Waals surface area contributed by atoms with Gasteiger partial charge in [0, 0.05) is 38.1 Å². The first-order valence-electron chi connectivity index (χ1n) is 10.5. The summed E-state index contributed by atoms with van der Waals surface area (Å²) < 4.78 is 6.37. The molecule has 6 rings (SSSR count). The average molecular weight is 393 g/mol. The van der Waals surface area contributed by atoms with E-state index in [-0.39, 0.29) is 18.7 Å². The van der Waals surface area contributed by atoms with Gasteiger partial charge in [0.2, 0.25) is 0 Å². The van der Waals surface area contributed by atoms with Gasteiger partial charge in [0.15, 0.2) is 0 Å². The lowest BCUT2D eigenvalue weighted by Crippen LogP contribution is -2.37. The minimum Gasteiger partial charge on any atom is -0.483 e. The second-order valence-electron chi connectivity index (χ2n) is 8.81. The van der Waals surface area contributed by atoms with Crippen LogP contribution in [0.2, 0.25) is 0 Å². The summed E-state index contributed by atoms with van der Waals surface area (Å²) in [4.78, 5) is 10.9. The maximum absolute atomic E-state index is 9.80. The van der Waals surface area contributed by atoms with Crippen LogP contribution in [0.25, 0.3) is 11.1 Å². The molecule has 29 heavy (non-hydrogen) atoms. The molecule has 0 unspecified atom stereocenters. The minimum absolute atomic E-state index is 0.0328. The third kappa shape index (κ3) is 3.00. The minimum atomic E-state index is -0.250. The maximum atomic E-state index is 9.80. The quantitative estimate of drug-likeness (QED) is 0.670. The molecule has 0 saturated carbocycles. The van der Waals surface area contributed by atoms with E-state index < -0.39 is 0 Å². The highest BCUT2D eigenvalue weighted by molar-refractivity contribution is 5.76. The van der Waals surface area contributed by atoms with Crippen LogP contribution < -0.4 is 0 Å². The summed E-state index contributed by atoms with van der Waals surface area (Å²) in [5.41, 5.74) is 7.16. The number of aliphatic hydroxyl groups is 1. The molecule has 0 amide bonds. The first-order valence-corrected chi connectivity index (χ1v) is 10.5. The summed E-state index contributed by atoms with van der Waals surface area (Å²) in [7, 11) is 0. The van der Waals surface area contributed by atoms with Crippen molar-refractivity contribution in [2.45, 2.75) is 37.5 Å². The third-order valence-corrected chi connectivity index (χ3v) is 7.33. The molecule has 2 N–H and O–H groups in total. The van der Waals surface area contributed by atoms with Crippen LogP contribution in [-0.2, 0) is 22.5 Å². The van der Waals surface area contributed by atoms with E-state index in [1.165, 1.54) is 34.2 Å². The van der Waals surface area contributed by atoms with Crippen LogP contribution in [0.15, 0.2) is 42.5 Å². The molecular weight excluding hydrogens is 366 g/mol. The van der Waals surface area contributed by atoms with Crippen LogP contribution >= 0.6 is 0 Å². The molecule has 0 aromatic heterocycles. The SMILES string of the molecule is O=CO.OC[C@H]1[C@H]2CN(Cc3ccc4c(c3)Cc3ccccc3-4)C[C@]23CC[C@H]1O3. The summed E-state index contributed by atoms with van der Waals surface area (Å²) in [6.45, 7) is 3.12. The predicted molar refractivity (Wildman–Crippen MR) is 110 cm³/mol. The van der Waals surface area contributed by atoms with Crippen LogP contribution in [0.1, 0.15) is 29.5 Å². The van der Waals surface area contributed by atoms with Gasteiger partial charge < -0.3 is 14.9 Å². The predicted octanol–water partition coefficient (Wildman–Crippen LogP) is 2.93. The van der Waals surface area contributed by atoms with E-state index in [0.717, 1.165) is 32.5 Å². The second kappa shape index (κ2) is 7.24. The highest BCUT2D eigenvalue weighted by Gasteiger charge is 2.62. The molecule has 3 saturated heterocycles. The number of rotatable bonds is 3. The Kier molecular flexibility index (Phi) is 4.69. The molecule has 2 aromatic carbocycles. The second-order valence-corrected chi connectivity index (χ2v) is 8.81.